The fraction of sp³-hybridized carbons (Fsp3) is 0.867. The minimum absolute atomic E-state index is 0.275. The first kappa shape index (κ1) is 15.2. The van der Waals surface area contributed by atoms with Crippen molar-refractivity contribution in [3.8, 4) is 0 Å². The molecule has 3 heteroatoms. The van der Waals surface area contributed by atoms with Gasteiger partial charge in [-0.1, -0.05) is 53.7 Å². The summed E-state index contributed by atoms with van der Waals surface area (Å²) in [7, 11) is 0. The van der Waals surface area contributed by atoms with E-state index in [0.717, 1.165) is 18.7 Å². The molecule has 0 unspecified atom stereocenters. The Morgan fingerprint density at radius 1 is 1.17 bits per heavy atom. The Morgan fingerprint density at radius 3 is 2.28 bits per heavy atom. The first-order chi connectivity index (χ1) is 8.07. The third-order valence-corrected chi connectivity index (χ3v) is 2.81. The maximum atomic E-state index is 4.30. The molecule has 0 N–H and O–H groups in total. The van der Waals surface area contributed by atoms with E-state index in [4.69, 9.17) is 0 Å². The summed E-state index contributed by atoms with van der Waals surface area (Å²) >= 11 is 0. The van der Waals surface area contributed by atoms with Gasteiger partial charge in [0.1, 0.15) is 0 Å². The molecule has 0 aliphatic carbocycles. The van der Waals surface area contributed by atoms with Gasteiger partial charge in [0, 0.05) is 12.7 Å². The Morgan fingerprint density at radius 2 is 1.78 bits per heavy atom. The zero-order valence-electron chi connectivity index (χ0n) is 13.1. The largest absolute Gasteiger partial charge is 0.252 e. The van der Waals surface area contributed by atoms with Crippen LogP contribution in [0, 0.1) is 16.7 Å². The van der Waals surface area contributed by atoms with Gasteiger partial charge in [-0.15, -0.1) is 5.10 Å². The lowest BCUT2D eigenvalue weighted by atomic mass is 9.74. The summed E-state index contributed by atoms with van der Waals surface area (Å²) in [5.41, 5.74) is 1.75. The van der Waals surface area contributed by atoms with Gasteiger partial charge in [-0.05, 0) is 29.6 Å². The number of aromatic nitrogens is 3. The second-order valence-electron chi connectivity index (χ2n) is 7.90. The molecule has 0 bridgehead atoms. The average molecular weight is 251 g/mol. The summed E-state index contributed by atoms with van der Waals surface area (Å²) in [6.07, 6.45) is 4.30. The summed E-state index contributed by atoms with van der Waals surface area (Å²) in [5.74, 6) is 0.613. The van der Waals surface area contributed by atoms with Crippen LogP contribution in [-0.2, 0) is 13.0 Å². The summed E-state index contributed by atoms with van der Waals surface area (Å²) in [4.78, 5) is 0. The third-order valence-electron chi connectivity index (χ3n) is 2.81. The Balaban J connectivity index is 2.64. The molecule has 3 nitrogen and oxygen atoms in total. The number of hydrogen-bond acceptors (Lipinski definition) is 2. The van der Waals surface area contributed by atoms with Crippen LogP contribution < -0.4 is 0 Å². The van der Waals surface area contributed by atoms with Crippen molar-refractivity contribution in [3.63, 3.8) is 0 Å². The van der Waals surface area contributed by atoms with Crippen molar-refractivity contribution in [2.75, 3.05) is 0 Å². The Labute approximate surface area is 112 Å². The van der Waals surface area contributed by atoms with Gasteiger partial charge in [0.25, 0.3) is 0 Å². The van der Waals surface area contributed by atoms with Crippen molar-refractivity contribution >= 4 is 0 Å². The lowest BCUT2D eigenvalue weighted by Crippen LogP contribution is -2.23. The Hall–Kier alpha value is -0.860. The molecule has 0 radical (unpaired) electrons. The number of nitrogens with zero attached hydrogens (tertiary/aromatic N) is 3. The molecule has 0 saturated carbocycles. The normalized spacial score (nSPS) is 13.3. The first-order valence-corrected chi connectivity index (χ1v) is 6.96. The molecule has 1 aromatic rings. The van der Waals surface area contributed by atoms with Gasteiger partial charge in [0.05, 0.1) is 5.69 Å². The molecule has 0 aliphatic heterocycles. The minimum atomic E-state index is 0.275. The van der Waals surface area contributed by atoms with Gasteiger partial charge in [-0.2, -0.15) is 0 Å². The fourth-order valence-corrected chi connectivity index (χ4v) is 2.87. The molecule has 0 amide bonds. The van der Waals surface area contributed by atoms with E-state index >= 15 is 0 Å². The smallest absolute Gasteiger partial charge is 0.0832 e. The SMILES string of the molecule is CC(C)Cn1cc(CC(C)(C)CC(C)(C)C)nn1. The quantitative estimate of drug-likeness (QED) is 0.793. The van der Waals surface area contributed by atoms with Crippen molar-refractivity contribution < 1.29 is 0 Å². The molecule has 18 heavy (non-hydrogen) atoms. The molecule has 0 saturated heterocycles. The van der Waals surface area contributed by atoms with Gasteiger partial charge >= 0.3 is 0 Å². The van der Waals surface area contributed by atoms with Crippen LogP contribution in [0.3, 0.4) is 0 Å². The van der Waals surface area contributed by atoms with E-state index in [-0.39, 0.29) is 5.41 Å². The summed E-state index contributed by atoms with van der Waals surface area (Å²) < 4.78 is 1.97. The van der Waals surface area contributed by atoms with Gasteiger partial charge in [0.2, 0.25) is 0 Å². The second-order valence-corrected chi connectivity index (χ2v) is 7.90. The third kappa shape index (κ3) is 5.65. The van der Waals surface area contributed by atoms with E-state index in [9.17, 15) is 0 Å². The lowest BCUT2D eigenvalue weighted by Gasteiger charge is -2.31. The van der Waals surface area contributed by atoms with Crippen LogP contribution in [0.4, 0.5) is 0 Å². The molecule has 1 aromatic heterocycles. The van der Waals surface area contributed by atoms with Crippen molar-refractivity contribution in [1.82, 2.24) is 15.0 Å². The molecule has 1 rings (SSSR count). The van der Waals surface area contributed by atoms with E-state index < -0.39 is 0 Å². The molecular formula is C15H29N3. The van der Waals surface area contributed by atoms with Crippen LogP contribution >= 0.6 is 0 Å². The topological polar surface area (TPSA) is 30.7 Å². The highest BCUT2D eigenvalue weighted by molar-refractivity contribution is 4.97. The van der Waals surface area contributed by atoms with Gasteiger partial charge in [-0.3, -0.25) is 4.68 Å². The van der Waals surface area contributed by atoms with E-state index in [2.05, 4.69) is 65.0 Å². The highest BCUT2D eigenvalue weighted by Gasteiger charge is 2.26. The molecular weight excluding hydrogens is 222 g/mol. The maximum absolute atomic E-state index is 4.30. The van der Waals surface area contributed by atoms with E-state index in [0.29, 0.717) is 11.3 Å². The predicted molar refractivity (Wildman–Crippen MR) is 76.4 cm³/mol. The monoisotopic (exact) mass is 251 g/mol. The molecule has 0 atom stereocenters. The lowest BCUT2D eigenvalue weighted by molar-refractivity contribution is 0.210. The summed E-state index contributed by atoms with van der Waals surface area (Å²) in [5, 5.41) is 8.50. The molecule has 0 spiro atoms. The Bertz CT molecular complexity index is 369. The van der Waals surface area contributed by atoms with Gasteiger partial charge < -0.3 is 0 Å². The highest BCUT2D eigenvalue weighted by atomic mass is 15.4. The molecule has 1 heterocycles. The van der Waals surface area contributed by atoms with Crippen LogP contribution in [0.5, 0.6) is 0 Å². The molecule has 0 aliphatic rings. The van der Waals surface area contributed by atoms with Crippen LogP contribution in [0.1, 0.15) is 60.6 Å². The zero-order chi connectivity index (χ0) is 14.0. The van der Waals surface area contributed by atoms with Crippen LogP contribution in [-0.4, -0.2) is 15.0 Å². The number of rotatable bonds is 5. The number of hydrogen-bond donors (Lipinski definition) is 0. The van der Waals surface area contributed by atoms with E-state index in [1.54, 1.807) is 0 Å². The summed E-state index contributed by atoms with van der Waals surface area (Å²) in [6.45, 7) is 16.9. The standard InChI is InChI=1S/C15H29N3/c1-12(2)9-18-10-13(16-17-18)8-15(6,7)11-14(3,4)5/h10,12H,8-9,11H2,1-7H3. The van der Waals surface area contributed by atoms with E-state index in [1.807, 2.05) is 4.68 Å². The van der Waals surface area contributed by atoms with Crippen LogP contribution in [0.15, 0.2) is 6.20 Å². The van der Waals surface area contributed by atoms with Crippen LogP contribution in [0.25, 0.3) is 0 Å². The first-order valence-electron chi connectivity index (χ1n) is 6.96. The minimum Gasteiger partial charge on any atom is -0.252 e. The predicted octanol–water partition coefficient (Wildman–Crippen LogP) is 3.94. The molecule has 0 fully saturated rings. The highest BCUT2D eigenvalue weighted by Crippen LogP contribution is 2.35. The van der Waals surface area contributed by atoms with Crippen molar-refractivity contribution in [2.24, 2.45) is 16.7 Å². The van der Waals surface area contributed by atoms with E-state index in [1.165, 1.54) is 6.42 Å². The van der Waals surface area contributed by atoms with Gasteiger partial charge in [-0.25, -0.2) is 0 Å². The average Bonchev–Trinajstić information content (AvgIpc) is 2.44. The zero-order valence-corrected chi connectivity index (χ0v) is 13.1. The second kappa shape index (κ2) is 5.41. The van der Waals surface area contributed by atoms with Crippen molar-refractivity contribution in [2.45, 2.75) is 67.9 Å². The van der Waals surface area contributed by atoms with Gasteiger partial charge in [0.15, 0.2) is 0 Å². The van der Waals surface area contributed by atoms with Crippen molar-refractivity contribution in [1.29, 1.82) is 0 Å². The Kier molecular flexibility index (Phi) is 4.57. The van der Waals surface area contributed by atoms with Crippen LogP contribution in [0.2, 0.25) is 0 Å². The summed E-state index contributed by atoms with van der Waals surface area (Å²) in [6, 6.07) is 0. The molecule has 104 valence electrons. The fourth-order valence-electron chi connectivity index (χ4n) is 2.87. The molecule has 0 aromatic carbocycles. The maximum Gasteiger partial charge on any atom is 0.0832 e. The van der Waals surface area contributed by atoms with Crippen molar-refractivity contribution in [3.05, 3.63) is 11.9 Å².